The number of rotatable bonds is 2. The summed E-state index contributed by atoms with van der Waals surface area (Å²) in [6.45, 7) is 3.12. The second-order valence-electron chi connectivity index (χ2n) is 6.27. The number of nitrogens with one attached hydrogen (secondary N) is 1. The number of hydrogen-bond donors (Lipinski definition) is 1. The molecule has 24 heavy (non-hydrogen) atoms. The Morgan fingerprint density at radius 3 is 2.79 bits per heavy atom. The van der Waals surface area contributed by atoms with Gasteiger partial charge in [0.05, 0.1) is 11.4 Å². The number of fused-ring (bicyclic) bond motifs is 1. The lowest BCUT2D eigenvalue weighted by molar-refractivity contribution is 0.780. The first-order valence-electron chi connectivity index (χ1n) is 8.42. The average molecular weight is 338 g/mol. The van der Waals surface area contributed by atoms with Gasteiger partial charge in [0, 0.05) is 22.7 Å². The quantitative estimate of drug-likeness (QED) is 0.692. The van der Waals surface area contributed by atoms with Gasteiger partial charge in [-0.05, 0) is 49.9 Å². The summed E-state index contributed by atoms with van der Waals surface area (Å²) >= 11 is 6.20. The smallest absolute Gasteiger partial charge is 0.133 e. The Balaban J connectivity index is 1.94. The van der Waals surface area contributed by atoms with Crippen molar-refractivity contribution in [3.63, 3.8) is 0 Å². The molecule has 3 nitrogen and oxygen atoms in total. The van der Waals surface area contributed by atoms with Gasteiger partial charge in [0.25, 0.3) is 0 Å². The Morgan fingerprint density at radius 2 is 1.96 bits per heavy atom. The maximum atomic E-state index is 6.20. The molecule has 0 radical (unpaired) electrons. The van der Waals surface area contributed by atoms with Gasteiger partial charge in [0.1, 0.15) is 5.82 Å². The Bertz CT molecular complexity index is 882. The van der Waals surface area contributed by atoms with Crippen molar-refractivity contribution in [3.05, 3.63) is 64.7 Å². The predicted molar refractivity (Wildman–Crippen MR) is 100 cm³/mol. The SMILES string of the molecule is Cc1ccccc1-c1nn(-c2cccc(Cl)c2)c2c1CCCCN2. The predicted octanol–water partition coefficient (Wildman–Crippen LogP) is 5.25. The van der Waals surface area contributed by atoms with Crippen molar-refractivity contribution in [1.82, 2.24) is 9.78 Å². The first-order chi connectivity index (χ1) is 11.7. The lowest BCUT2D eigenvalue weighted by Gasteiger charge is -2.09. The maximum absolute atomic E-state index is 6.20. The number of anilines is 1. The Morgan fingerprint density at radius 1 is 1.08 bits per heavy atom. The van der Waals surface area contributed by atoms with E-state index in [4.69, 9.17) is 16.7 Å². The van der Waals surface area contributed by atoms with E-state index in [9.17, 15) is 0 Å². The minimum atomic E-state index is 0.725. The molecule has 0 aliphatic carbocycles. The zero-order valence-electron chi connectivity index (χ0n) is 13.7. The Hall–Kier alpha value is -2.26. The van der Waals surface area contributed by atoms with Crippen LogP contribution in [0.15, 0.2) is 48.5 Å². The number of aromatic nitrogens is 2. The number of benzene rings is 2. The van der Waals surface area contributed by atoms with Crippen molar-refractivity contribution in [1.29, 1.82) is 0 Å². The molecule has 0 spiro atoms. The first-order valence-corrected chi connectivity index (χ1v) is 8.79. The highest BCUT2D eigenvalue weighted by Gasteiger charge is 2.22. The molecule has 3 aromatic rings. The molecule has 0 saturated heterocycles. The monoisotopic (exact) mass is 337 g/mol. The van der Waals surface area contributed by atoms with Crippen LogP contribution in [-0.4, -0.2) is 16.3 Å². The molecule has 1 aromatic heterocycles. The molecular formula is C20H20ClN3. The third kappa shape index (κ3) is 2.69. The van der Waals surface area contributed by atoms with Gasteiger partial charge in [-0.25, -0.2) is 4.68 Å². The molecule has 1 aliphatic heterocycles. The van der Waals surface area contributed by atoms with Crippen molar-refractivity contribution in [2.75, 3.05) is 11.9 Å². The highest BCUT2D eigenvalue weighted by molar-refractivity contribution is 6.30. The van der Waals surface area contributed by atoms with Crippen LogP contribution < -0.4 is 5.32 Å². The largest absolute Gasteiger partial charge is 0.370 e. The van der Waals surface area contributed by atoms with Crippen molar-refractivity contribution in [3.8, 4) is 16.9 Å². The van der Waals surface area contributed by atoms with Crippen LogP contribution in [-0.2, 0) is 6.42 Å². The summed E-state index contributed by atoms with van der Waals surface area (Å²) in [5, 5.41) is 9.27. The number of halogens is 1. The number of aryl methyl sites for hydroxylation is 1. The average Bonchev–Trinajstić information content (AvgIpc) is 2.77. The molecule has 0 amide bonds. The normalized spacial score (nSPS) is 13.9. The van der Waals surface area contributed by atoms with Gasteiger partial charge in [0.2, 0.25) is 0 Å². The number of nitrogens with zero attached hydrogens (tertiary/aromatic N) is 2. The van der Waals surface area contributed by atoms with E-state index in [1.165, 1.54) is 29.5 Å². The standard InChI is InChI=1S/C20H20ClN3/c1-14-7-2-3-10-17(14)19-18-11-4-5-12-22-20(18)24(23-19)16-9-6-8-15(21)13-16/h2-3,6-10,13,22H,4-5,11-12H2,1H3. The second-order valence-corrected chi connectivity index (χ2v) is 6.70. The van der Waals surface area contributed by atoms with E-state index >= 15 is 0 Å². The Kier molecular flexibility index (Phi) is 4.03. The van der Waals surface area contributed by atoms with Gasteiger partial charge in [-0.15, -0.1) is 0 Å². The van der Waals surface area contributed by atoms with Crippen molar-refractivity contribution in [2.45, 2.75) is 26.2 Å². The molecule has 0 atom stereocenters. The van der Waals surface area contributed by atoms with Crippen LogP contribution in [0.5, 0.6) is 0 Å². The van der Waals surface area contributed by atoms with Crippen LogP contribution in [0.1, 0.15) is 24.0 Å². The molecule has 1 N–H and O–H groups in total. The minimum absolute atomic E-state index is 0.725. The van der Waals surface area contributed by atoms with E-state index in [1.54, 1.807) is 0 Å². The molecule has 0 fully saturated rings. The summed E-state index contributed by atoms with van der Waals surface area (Å²) in [5.41, 5.74) is 5.84. The van der Waals surface area contributed by atoms with E-state index in [-0.39, 0.29) is 0 Å². The molecule has 0 saturated carbocycles. The molecule has 122 valence electrons. The van der Waals surface area contributed by atoms with E-state index in [0.717, 1.165) is 35.2 Å². The van der Waals surface area contributed by atoms with Crippen molar-refractivity contribution >= 4 is 17.4 Å². The highest BCUT2D eigenvalue weighted by atomic mass is 35.5. The fraction of sp³-hybridized carbons (Fsp3) is 0.250. The molecule has 4 rings (SSSR count). The van der Waals surface area contributed by atoms with Crippen molar-refractivity contribution in [2.24, 2.45) is 0 Å². The van der Waals surface area contributed by atoms with Crippen LogP contribution >= 0.6 is 11.6 Å². The van der Waals surface area contributed by atoms with Gasteiger partial charge in [-0.2, -0.15) is 5.10 Å². The maximum Gasteiger partial charge on any atom is 0.133 e. The summed E-state index contributed by atoms with van der Waals surface area (Å²) in [4.78, 5) is 0. The van der Waals surface area contributed by atoms with E-state index in [1.807, 2.05) is 28.9 Å². The Labute approximate surface area is 147 Å². The summed E-state index contributed by atoms with van der Waals surface area (Å²) < 4.78 is 2.01. The van der Waals surface area contributed by atoms with Crippen LogP contribution in [0.2, 0.25) is 5.02 Å². The summed E-state index contributed by atoms with van der Waals surface area (Å²) in [5.74, 6) is 1.10. The van der Waals surface area contributed by atoms with Crippen molar-refractivity contribution < 1.29 is 0 Å². The van der Waals surface area contributed by atoms with E-state index < -0.39 is 0 Å². The fourth-order valence-corrected chi connectivity index (χ4v) is 3.54. The fourth-order valence-electron chi connectivity index (χ4n) is 3.35. The summed E-state index contributed by atoms with van der Waals surface area (Å²) in [6.07, 6.45) is 3.41. The van der Waals surface area contributed by atoms with Gasteiger partial charge in [0.15, 0.2) is 0 Å². The van der Waals surface area contributed by atoms with E-state index in [0.29, 0.717) is 0 Å². The van der Waals surface area contributed by atoms with Crippen LogP contribution in [0, 0.1) is 6.92 Å². The lowest BCUT2D eigenvalue weighted by atomic mass is 10.00. The molecule has 0 unspecified atom stereocenters. The van der Waals surface area contributed by atoms with Gasteiger partial charge >= 0.3 is 0 Å². The molecule has 0 bridgehead atoms. The minimum Gasteiger partial charge on any atom is -0.370 e. The third-order valence-corrected chi connectivity index (χ3v) is 4.82. The van der Waals surface area contributed by atoms with Gasteiger partial charge in [-0.1, -0.05) is 41.9 Å². The lowest BCUT2D eigenvalue weighted by Crippen LogP contribution is -2.07. The highest BCUT2D eigenvalue weighted by Crippen LogP contribution is 2.35. The third-order valence-electron chi connectivity index (χ3n) is 4.58. The molecular weight excluding hydrogens is 318 g/mol. The number of hydrogen-bond acceptors (Lipinski definition) is 2. The zero-order valence-corrected chi connectivity index (χ0v) is 14.5. The molecule has 1 aliphatic rings. The zero-order chi connectivity index (χ0) is 16.5. The molecule has 4 heteroatoms. The van der Waals surface area contributed by atoms with Crippen LogP contribution in [0.25, 0.3) is 16.9 Å². The van der Waals surface area contributed by atoms with Gasteiger partial charge < -0.3 is 5.32 Å². The van der Waals surface area contributed by atoms with E-state index in [2.05, 4.69) is 36.5 Å². The topological polar surface area (TPSA) is 29.9 Å². The molecule has 2 aromatic carbocycles. The first kappa shape index (κ1) is 15.3. The van der Waals surface area contributed by atoms with Gasteiger partial charge in [-0.3, -0.25) is 0 Å². The summed E-state index contributed by atoms with van der Waals surface area (Å²) in [6, 6.07) is 16.3. The molecule has 2 heterocycles. The van der Waals surface area contributed by atoms with Crippen LogP contribution in [0.4, 0.5) is 5.82 Å². The second kappa shape index (κ2) is 6.33. The van der Waals surface area contributed by atoms with Crippen LogP contribution in [0.3, 0.4) is 0 Å². The summed E-state index contributed by atoms with van der Waals surface area (Å²) in [7, 11) is 0.